The van der Waals surface area contributed by atoms with Gasteiger partial charge in [0.25, 0.3) is 0 Å². The molecule has 102 valence electrons. The number of hydrogen-bond acceptors (Lipinski definition) is 2. The number of rotatable bonds is 4. The Hall–Kier alpha value is -1.77. The normalized spacial score (nSPS) is 10.8. The number of halogens is 2. The van der Waals surface area contributed by atoms with Gasteiger partial charge in [-0.05, 0) is 36.4 Å². The molecule has 0 heterocycles. The Labute approximate surface area is 127 Å². The number of carbonyl (C=O) groups excluding carboxylic acids is 1. The highest BCUT2D eigenvalue weighted by molar-refractivity contribution is 6.37. The Morgan fingerprint density at radius 3 is 2.40 bits per heavy atom. The minimum absolute atomic E-state index is 0.139. The minimum atomic E-state index is -0.139. The van der Waals surface area contributed by atoms with Gasteiger partial charge >= 0.3 is 0 Å². The topological polar surface area (TPSA) is 26.3 Å². The first-order chi connectivity index (χ1) is 9.61. The number of benzene rings is 2. The summed E-state index contributed by atoms with van der Waals surface area (Å²) in [5, 5.41) is 1.01. The van der Waals surface area contributed by atoms with Gasteiger partial charge in [-0.3, -0.25) is 4.79 Å². The fraction of sp³-hybridized carbons (Fsp3) is 0.0625. The number of ketones is 1. The van der Waals surface area contributed by atoms with Gasteiger partial charge in [0.2, 0.25) is 0 Å². The zero-order chi connectivity index (χ0) is 14.5. The van der Waals surface area contributed by atoms with Gasteiger partial charge in [-0.1, -0.05) is 41.4 Å². The second-order valence-corrected chi connectivity index (χ2v) is 4.88. The van der Waals surface area contributed by atoms with E-state index in [0.29, 0.717) is 26.9 Å². The summed E-state index contributed by atoms with van der Waals surface area (Å²) in [6, 6.07) is 12.2. The van der Waals surface area contributed by atoms with Crippen LogP contribution in [0.2, 0.25) is 10.0 Å². The van der Waals surface area contributed by atoms with Crippen molar-refractivity contribution in [3.8, 4) is 5.75 Å². The maximum atomic E-state index is 12.1. The molecule has 0 saturated heterocycles. The van der Waals surface area contributed by atoms with Gasteiger partial charge < -0.3 is 4.74 Å². The molecule has 20 heavy (non-hydrogen) atoms. The Morgan fingerprint density at radius 2 is 1.75 bits per heavy atom. The van der Waals surface area contributed by atoms with Crippen LogP contribution in [-0.4, -0.2) is 12.9 Å². The summed E-state index contributed by atoms with van der Waals surface area (Å²) < 4.78 is 5.09. The monoisotopic (exact) mass is 306 g/mol. The van der Waals surface area contributed by atoms with Crippen LogP contribution in [-0.2, 0) is 0 Å². The molecule has 0 aliphatic rings. The Balaban J connectivity index is 2.25. The minimum Gasteiger partial charge on any atom is -0.497 e. The lowest BCUT2D eigenvalue weighted by Gasteiger charge is -2.02. The van der Waals surface area contributed by atoms with Crippen molar-refractivity contribution in [3.05, 3.63) is 69.7 Å². The maximum Gasteiger partial charge on any atom is 0.185 e. The number of methoxy groups -OCH3 is 1. The van der Waals surface area contributed by atoms with Crippen LogP contribution in [0.1, 0.15) is 15.9 Å². The van der Waals surface area contributed by atoms with Crippen LogP contribution < -0.4 is 4.74 Å². The van der Waals surface area contributed by atoms with Crippen LogP contribution in [0.25, 0.3) is 6.08 Å². The van der Waals surface area contributed by atoms with E-state index >= 15 is 0 Å². The molecule has 0 saturated carbocycles. The lowest BCUT2D eigenvalue weighted by atomic mass is 10.1. The predicted octanol–water partition coefficient (Wildman–Crippen LogP) is 4.90. The van der Waals surface area contributed by atoms with Crippen LogP contribution in [0.15, 0.2) is 48.5 Å². The SMILES string of the molecule is COc1cccc(C(=O)C=Cc2c(Cl)cccc2Cl)c1. The van der Waals surface area contributed by atoms with Crippen molar-refractivity contribution in [2.45, 2.75) is 0 Å². The van der Waals surface area contributed by atoms with E-state index in [2.05, 4.69) is 0 Å². The molecule has 0 N–H and O–H groups in total. The molecule has 0 aliphatic heterocycles. The quantitative estimate of drug-likeness (QED) is 0.593. The molecule has 0 unspecified atom stereocenters. The lowest BCUT2D eigenvalue weighted by Crippen LogP contribution is -1.95. The van der Waals surface area contributed by atoms with E-state index in [-0.39, 0.29) is 5.78 Å². The molecule has 0 radical (unpaired) electrons. The highest BCUT2D eigenvalue weighted by Gasteiger charge is 2.05. The summed E-state index contributed by atoms with van der Waals surface area (Å²) >= 11 is 12.1. The first-order valence-corrected chi connectivity index (χ1v) is 6.68. The molecule has 0 spiro atoms. The molecule has 0 aliphatic carbocycles. The molecule has 2 rings (SSSR count). The first-order valence-electron chi connectivity index (χ1n) is 5.92. The fourth-order valence-electron chi connectivity index (χ4n) is 1.70. The number of hydrogen-bond donors (Lipinski definition) is 0. The Morgan fingerprint density at radius 1 is 1.10 bits per heavy atom. The van der Waals surface area contributed by atoms with Crippen LogP contribution >= 0.6 is 23.2 Å². The third-order valence-corrected chi connectivity index (χ3v) is 3.41. The van der Waals surface area contributed by atoms with Crippen LogP contribution in [0.5, 0.6) is 5.75 Å². The fourth-order valence-corrected chi connectivity index (χ4v) is 2.22. The molecular weight excluding hydrogens is 295 g/mol. The molecular formula is C16H12Cl2O2. The zero-order valence-electron chi connectivity index (χ0n) is 10.8. The molecule has 0 atom stereocenters. The molecule has 0 amide bonds. The van der Waals surface area contributed by atoms with Crippen molar-refractivity contribution in [1.82, 2.24) is 0 Å². The molecule has 0 aromatic heterocycles. The molecule has 2 aromatic carbocycles. The number of allylic oxidation sites excluding steroid dienone is 1. The third kappa shape index (κ3) is 3.41. The van der Waals surface area contributed by atoms with Crippen molar-refractivity contribution in [2.24, 2.45) is 0 Å². The highest BCUT2D eigenvalue weighted by atomic mass is 35.5. The third-order valence-electron chi connectivity index (χ3n) is 2.76. The summed E-state index contributed by atoms with van der Waals surface area (Å²) in [6.07, 6.45) is 3.06. The molecule has 2 nitrogen and oxygen atoms in total. The van der Waals surface area contributed by atoms with Gasteiger partial charge in [0.05, 0.1) is 7.11 Å². The number of ether oxygens (including phenoxy) is 1. The van der Waals surface area contributed by atoms with Crippen molar-refractivity contribution in [2.75, 3.05) is 7.11 Å². The van der Waals surface area contributed by atoms with Crippen LogP contribution in [0.3, 0.4) is 0 Å². The second kappa shape index (κ2) is 6.60. The lowest BCUT2D eigenvalue weighted by molar-refractivity contribution is 0.104. The molecule has 4 heteroatoms. The van der Waals surface area contributed by atoms with Crippen molar-refractivity contribution >= 4 is 35.1 Å². The van der Waals surface area contributed by atoms with E-state index in [1.165, 1.54) is 6.08 Å². The van der Waals surface area contributed by atoms with Gasteiger partial charge in [-0.2, -0.15) is 0 Å². The summed E-state index contributed by atoms with van der Waals surface area (Å²) in [7, 11) is 1.56. The van der Waals surface area contributed by atoms with Gasteiger partial charge in [0.15, 0.2) is 5.78 Å². The summed E-state index contributed by atoms with van der Waals surface area (Å²) in [5.41, 5.74) is 1.18. The zero-order valence-corrected chi connectivity index (χ0v) is 12.3. The van der Waals surface area contributed by atoms with Crippen molar-refractivity contribution in [3.63, 3.8) is 0 Å². The van der Waals surface area contributed by atoms with Crippen LogP contribution in [0, 0.1) is 0 Å². The second-order valence-electron chi connectivity index (χ2n) is 4.06. The van der Waals surface area contributed by atoms with Crippen LogP contribution in [0.4, 0.5) is 0 Å². The Bertz CT molecular complexity index is 643. The van der Waals surface area contributed by atoms with E-state index in [0.717, 1.165) is 0 Å². The highest BCUT2D eigenvalue weighted by Crippen LogP contribution is 2.25. The number of carbonyl (C=O) groups is 1. The van der Waals surface area contributed by atoms with Gasteiger partial charge in [-0.25, -0.2) is 0 Å². The van der Waals surface area contributed by atoms with E-state index in [1.54, 1.807) is 55.7 Å². The standard InChI is InChI=1S/C16H12Cl2O2/c1-20-12-5-2-4-11(10-12)16(19)9-8-13-14(17)6-3-7-15(13)18/h2-10H,1H3. The van der Waals surface area contributed by atoms with Gasteiger partial charge in [0.1, 0.15) is 5.75 Å². The van der Waals surface area contributed by atoms with E-state index in [4.69, 9.17) is 27.9 Å². The average molecular weight is 307 g/mol. The van der Waals surface area contributed by atoms with E-state index in [9.17, 15) is 4.79 Å². The maximum absolute atomic E-state index is 12.1. The van der Waals surface area contributed by atoms with E-state index in [1.807, 2.05) is 0 Å². The summed E-state index contributed by atoms with van der Waals surface area (Å²) in [5.74, 6) is 0.500. The summed E-state index contributed by atoms with van der Waals surface area (Å²) in [6.45, 7) is 0. The first kappa shape index (κ1) is 14.6. The average Bonchev–Trinajstić information content (AvgIpc) is 2.46. The van der Waals surface area contributed by atoms with Crippen molar-refractivity contribution in [1.29, 1.82) is 0 Å². The van der Waals surface area contributed by atoms with E-state index < -0.39 is 0 Å². The van der Waals surface area contributed by atoms with Gasteiger partial charge in [0, 0.05) is 21.2 Å². The van der Waals surface area contributed by atoms with Gasteiger partial charge in [-0.15, -0.1) is 0 Å². The Kier molecular flexibility index (Phi) is 4.83. The molecule has 0 fully saturated rings. The smallest absolute Gasteiger partial charge is 0.185 e. The summed E-state index contributed by atoms with van der Waals surface area (Å²) in [4.78, 5) is 12.1. The van der Waals surface area contributed by atoms with Crippen molar-refractivity contribution < 1.29 is 9.53 Å². The largest absolute Gasteiger partial charge is 0.497 e. The molecule has 2 aromatic rings. The molecule has 0 bridgehead atoms. The predicted molar refractivity (Wildman–Crippen MR) is 82.8 cm³/mol.